The second kappa shape index (κ2) is 15.5. The van der Waals surface area contributed by atoms with Gasteiger partial charge in [0.1, 0.15) is 83.8 Å². The standard InChI is InChI=1S/3C9H15BO4.CH2O/c1-5(11-2)9-4-13-6(7(9)12-3)8(10)14-9;2*1-5-9(4-11-2)7(12-3)6(13-5)8(10)14-9;1-2/h3*5-8H,4H2,1-3H3;1H2/t5?,6?,7-,8-,9-;2*5?,6?,7-,8-,9+;/m111./s1. The first-order valence-corrected chi connectivity index (χ1v) is 14.6. The van der Waals surface area contributed by atoms with Crippen LogP contribution in [-0.2, 0) is 61.6 Å². The summed E-state index contributed by atoms with van der Waals surface area (Å²) in [4.78, 5) is 8.00. The van der Waals surface area contributed by atoms with Gasteiger partial charge in [-0.05, 0) is 20.8 Å². The van der Waals surface area contributed by atoms with Crippen LogP contribution in [0.15, 0.2) is 0 Å². The number of methoxy groups -OCH3 is 6. The highest BCUT2D eigenvalue weighted by Gasteiger charge is 2.65. The van der Waals surface area contributed by atoms with Crippen molar-refractivity contribution in [2.24, 2.45) is 0 Å². The Balaban J connectivity index is 0.000000175. The number of hydrogen-bond donors (Lipinski definition) is 0. The van der Waals surface area contributed by atoms with E-state index >= 15 is 0 Å². The number of carbonyl (C=O) groups is 1. The van der Waals surface area contributed by atoms with Gasteiger partial charge in [-0.15, -0.1) is 0 Å². The third kappa shape index (κ3) is 6.19. The summed E-state index contributed by atoms with van der Waals surface area (Å²) in [5, 5.41) is 0. The molecule has 0 aromatic rings. The van der Waals surface area contributed by atoms with Crippen molar-refractivity contribution >= 4 is 30.3 Å². The second-order valence-corrected chi connectivity index (χ2v) is 11.6. The number of hydrogen-bond acceptors (Lipinski definition) is 13. The predicted molar refractivity (Wildman–Crippen MR) is 158 cm³/mol. The largest absolute Gasteiger partial charge is 0.381 e. The van der Waals surface area contributed by atoms with Crippen LogP contribution in [-0.4, -0.2) is 183 Å². The molecule has 6 aliphatic heterocycles. The van der Waals surface area contributed by atoms with Crippen molar-refractivity contribution < 1.29 is 61.6 Å². The Morgan fingerprint density at radius 3 is 1.45 bits per heavy atom. The highest BCUT2D eigenvalue weighted by molar-refractivity contribution is 6.12. The molecule has 6 bridgehead atoms. The highest BCUT2D eigenvalue weighted by Crippen LogP contribution is 2.46. The minimum Gasteiger partial charge on any atom is -0.381 e. The van der Waals surface area contributed by atoms with Crippen molar-refractivity contribution in [1.29, 1.82) is 0 Å². The number of fused-ring (bicyclic) bond motifs is 6. The summed E-state index contributed by atoms with van der Waals surface area (Å²) in [5.41, 5.74) is -1.60. The van der Waals surface area contributed by atoms with Gasteiger partial charge in [0.2, 0.25) is 0 Å². The van der Waals surface area contributed by atoms with E-state index in [2.05, 4.69) is 0 Å². The van der Waals surface area contributed by atoms with Crippen LogP contribution in [0.25, 0.3) is 0 Å². The van der Waals surface area contributed by atoms with Crippen LogP contribution in [0.4, 0.5) is 0 Å². The fraction of sp³-hybridized carbons (Fsp3) is 0.964. The van der Waals surface area contributed by atoms with E-state index in [0.717, 1.165) is 0 Å². The minimum absolute atomic E-state index is 0.0443. The zero-order valence-corrected chi connectivity index (χ0v) is 27.3. The van der Waals surface area contributed by atoms with Crippen molar-refractivity contribution in [3.8, 4) is 0 Å². The number of carbonyl (C=O) groups excluding carboxylic acids is 1. The molecule has 13 nitrogen and oxygen atoms in total. The van der Waals surface area contributed by atoms with Gasteiger partial charge in [0, 0.05) is 60.7 Å². The SMILES string of the molecule is C=O.[B][C@@H]1O[C@@]2(C(C)OC)COC1[C@H]2OC.[B][C@@H]1O[C@@]2(COC)C(C)OC1[C@H]2OC.[B][C@@H]1O[C@@]2(COC)C(C)OC1[C@H]2OC. The second-order valence-electron chi connectivity index (χ2n) is 11.6. The molecule has 16 heteroatoms. The Bertz CT molecular complexity index is 851. The first kappa shape index (κ1) is 37.8. The molecule has 0 spiro atoms. The fourth-order valence-corrected chi connectivity index (χ4v) is 7.25. The zero-order chi connectivity index (χ0) is 33.0. The summed E-state index contributed by atoms with van der Waals surface area (Å²) in [6.45, 7) is 9.22. The van der Waals surface area contributed by atoms with E-state index in [4.69, 9.17) is 85.2 Å². The number of rotatable bonds is 9. The van der Waals surface area contributed by atoms with Crippen LogP contribution in [0.3, 0.4) is 0 Å². The average Bonchev–Trinajstić information content (AvgIpc) is 3.79. The average molecular weight is 624 g/mol. The van der Waals surface area contributed by atoms with Gasteiger partial charge in [0.05, 0.1) is 38.1 Å². The summed E-state index contributed by atoms with van der Waals surface area (Å²) < 4.78 is 65.8. The molecular formula is C28H47B3O13. The van der Waals surface area contributed by atoms with Crippen LogP contribution < -0.4 is 0 Å². The molecule has 0 amide bonds. The van der Waals surface area contributed by atoms with E-state index in [1.165, 1.54) is 0 Å². The molecule has 6 fully saturated rings. The van der Waals surface area contributed by atoms with Gasteiger partial charge in [0.15, 0.2) is 0 Å². The molecule has 0 aromatic carbocycles. The third-order valence-electron chi connectivity index (χ3n) is 9.52. The molecule has 6 heterocycles. The molecule has 0 saturated carbocycles. The van der Waals surface area contributed by atoms with Gasteiger partial charge in [-0.3, -0.25) is 0 Å². The van der Waals surface area contributed by atoms with Crippen molar-refractivity contribution in [1.82, 2.24) is 0 Å². The zero-order valence-electron chi connectivity index (χ0n) is 27.3. The lowest BCUT2D eigenvalue weighted by molar-refractivity contribution is -0.178. The predicted octanol–water partition coefficient (Wildman–Crippen LogP) is -1.09. The smallest absolute Gasteiger partial charge is 0.145 e. The van der Waals surface area contributed by atoms with Crippen molar-refractivity contribution in [2.45, 2.75) is 111 Å². The first-order valence-electron chi connectivity index (χ1n) is 14.6. The van der Waals surface area contributed by atoms with Gasteiger partial charge in [-0.1, -0.05) is 0 Å². The Hall–Kier alpha value is -0.615. The summed E-state index contributed by atoms with van der Waals surface area (Å²) in [6.07, 6.45) is -1.10. The monoisotopic (exact) mass is 624 g/mol. The molecule has 6 radical (unpaired) electrons. The number of ether oxygens (including phenoxy) is 12. The third-order valence-corrected chi connectivity index (χ3v) is 9.52. The lowest BCUT2D eigenvalue weighted by atomic mass is 9.89. The normalized spacial score (nSPS) is 48.2. The molecule has 44 heavy (non-hydrogen) atoms. The van der Waals surface area contributed by atoms with E-state index in [0.29, 0.717) is 19.8 Å². The van der Waals surface area contributed by atoms with Crippen molar-refractivity contribution in [3.63, 3.8) is 0 Å². The molecule has 6 rings (SSSR count). The van der Waals surface area contributed by atoms with Gasteiger partial charge in [0.25, 0.3) is 0 Å². The molecule has 0 aromatic heterocycles. The summed E-state index contributed by atoms with van der Waals surface area (Å²) >= 11 is 0. The molecule has 0 aliphatic carbocycles. The first-order chi connectivity index (χ1) is 21.0. The van der Waals surface area contributed by atoms with Crippen molar-refractivity contribution in [3.05, 3.63) is 0 Å². The van der Waals surface area contributed by atoms with Crippen LogP contribution in [0, 0.1) is 0 Å². The van der Waals surface area contributed by atoms with Crippen LogP contribution >= 0.6 is 0 Å². The Kier molecular flexibility index (Phi) is 13.3. The van der Waals surface area contributed by atoms with E-state index in [9.17, 15) is 0 Å². The summed E-state index contributed by atoms with van der Waals surface area (Å²) in [6, 6.07) is -1.23. The van der Waals surface area contributed by atoms with Gasteiger partial charge >= 0.3 is 0 Å². The Morgan fingerprint density at radius 1 is 0.705 bits per heavy atom. The van der Waals surface area contributed by atoms with Gasteiger partial charge in [-0.2, -0.15) is 0 Å². The Morgan fingerprint density at radius 2 is 1.11 bits per heavy atom. The van der Waals surface area contributed by atoms with Gasteiger partial charge < -0.3 is 61.6 Å². The van der Waals surface area contributed by atoms with E-state index in [1.807, 2.05) is 27.6 Å². The van der Waals surface area contributed by atoms with Crippen LogP contribution in [0.5, 0.6) is 0 Å². The molecule has 0 N–H and O–H groups in total. The van der Waals surface area contributed by atoms with E-state index in [1.54, 1.807) is 42.7 Å². The van der Waals surface area contributed by atoms with E-state index in [-0.39, 0.29) is 54.9 Å². The Labute approximate surface area is 265 Å². The van der Waals surface area contributed by atoms with Gasteiger partial charge in [-0.25, -0.2) is 0 Å². The molecule has 6 aliphatic rings. The maximum atomic E-state index is 8.00. The molecule has 6 saturated heterocycles. The minimum atomic E-state index is -0.534. The molecule has 6 unspecified atom stereocenters. The lowest BCUT2D eigenvalue weighted by Crippen LogP contribution is -2.51. The summed E-state index contributed by atoms with van der Waals surface area (Å²) in [5.74, 6) is 0. The summed E-state index contributed by atoms with van der Waals surface area (Å²) in [7, 11) is 27.2. The topological polar surface area (TPSA) is 128 Å². The molecular weight excluding hydrogens is 577 g/mol. The lowest BCUT2D eigenvalue weighted by Gasteiger charge is -2.35. The highest BCUT2D eigenvalue weighted by atomic mass is 16.7. The maximum absolute atomic E-state index is 8.00. The van der Waals surface area contributed by atoms with Crippen LogP contribution in [0.2, 0.25) is 0 Å². The fourth-order valence-electron chi connectivity index (χ4n) is 7.25. The molecule has 246 valence electrons. The molecule has 15 atom stereocenters. The van der Waals surface area contributed by atoms with Crippen LogP contribution in [0.1, 0.15) is 20.8 Å². The van der Waals surface area contributed by atoms with Crippen molar-refractivity contribution in [2.75, 3.05) is 62.5 Å². The van der Waals surface area contributed by atoms with E-state index < -0.39 is 34.8 Å². The quantitative estimate of drug-likeness (QED) is 0.289. The maximum Gasteiger partial charge on any atom is 0.145 e.